The lowest BCUT2D eigenvalue weighted by molar-refractivity contribution is -0.140. The van der Waals surface area contributed by atoms with E-state index in [1.54, 1.807) is 6.92 Å². The lowest BCUT2D eigenvalue weighted by atomic mass is 10.0. The van der Waals surface area contributed by atoms with Crippen molar-refractivity contribution in [1.82, 2.24) is 19.7 Å². The van der Waals surface area contributed by atoms with Crippen molar-refractivity contribution in [3.05, 3.63) is 52.7 Å². The zero-order chi connectivity index (χ0) is 22.2. The van der Waals surface area contributed by atoms with E-state index < -0.39 is 23.7 Å². The summed E-state index contributed by atoms with van der Waals surface area (Å²) >= 11 is 0. The SMILES string of the molecule is CCc1cc(NC(=O)c2ncc(-c3c(C(F)(F)F)n[nH]c3C)n2C)ccc1C(=O)O. The van der Waals surface area contributed by atoms with E-state index in [4.69, 9.17) is 0 Å². The summed E-state index contributed by atoms with van der Waals surface area (Å²) in [6.07, 6.45) is -3.06. The zero-order valence-corrected chi connectivity index (χ0v) is 16.3. The highest BCUT2D eigenvalue weighted by Crippen LogP contribution is 2.37. The molecule has 1 amide bonds. The van der Waals surface area contributed by atoms with Crippen LogP contribution in [0.4, 0.5) is 18.9 Å². The minimum Gasteiger partial charge on any atom is -0.478 e. The third-order valence-corrected chi connectivity index (χ3v) is 4.64. The van der Waals surface area contributed by atoms with Crippen LogP contribution in [0.5, 0.6) is 0 Å². The van der Waals surface area contributed by atoms with E-state index in [1.807, 2.05) is 0 Å². The summed E-state index contributed by atoms with van der Waals surface area (Å²) in [6, 6.07) is 4.35. The molecule has 3 N–H and O–H groups in total. The van der Waals surface area contributed by atoms with Gasteiger partial charge in [0.05, 0.1) is 23.0 Å². The van der Waals surface area contributed by atoms with Crippen LogP contribution < -0.4 is 5.32 Å². The van der Waals surface area contributed by atoms with Crippen molar-refractivity contribution in [2.45, 2.75) is 26.4 Å². The number of nitrogens with one attached hydrogen (secondary N) is 2. The van der Waals surface area contributed by atoms with Crippen molar-refractivity contribution in [2.24, 2.45) is 7.05 Å². The van der Waals surface area contributed by atoms with E-state index in [-0.39, 0.29) is 28.3 Å². The van der Waals surface area contributed by atoms with Crippen LogP contribution in [-0.2, 0) is 19.6 Å². The minimum atomic E-state index is -4.67. The predicted molar refractivity (Wildman–Crippen MR) is 101 cm³/mol. The van der Waals surface area contributed by atoms with E-state index in [0.29, 0.717) is 17.7 Å². The Bertz CT molecular complexity index is 1130. The fraction of sp³-hybridized carbons (Fsp3) is 0.263. The van der Waals surface area contributed by atoms with Crippen molar-refractivity contribution < 1.29 is 27.9 Å². The molecule has 0 saturated heterocycles. The smallest absolute Gasteiger partial charge is 0.435 e. The number of anilines is 1. The summed E-state index contributed by atoms with van der Waals surface area (Å²) < 4.78 is 41.0. The first-order valence-corrected chi connectivity index (χ1v) is 8.86. The maximum atomic E-state index is 13.3. The molecule has 0 atom stereocenters. The lowest BCUT2D eigenvalue weighted by Crippen LogP contribution is -2.18. The molecule has 0 saturated carbocycles. The van der Waals surface area contributed by atoms with Crippen LogP contribution in [0.15, 0.2) is 24.4 Å². The standard InChI is InChI=1S/C19H18F3N5O3/c1-4-10-7-11(5-6-12(10)18(29)30)24-17(28)16-23-8-13(27(16)3)14-9(2)25-26-15(14)19(20,21)22/h5-8H,4H2,1-3H3,(H,24,28)(H,25,26)(H,29,30). The number of aryl methyl sites for hydroxylation is 2. The number of amides is 1. The highest BCUT2D eigenvalue weighted by atomic mass is 19.4. The summed E-state index contributed by atoms with van der Waals surface area (Å²) in [4.78, 5) is 27.8. The number of alkyl halides is 3. The maximum Gasteiger partial charge on any atom is 0.435 e. The number of hydrogen-bond acceptors (Lipinski definition) is 4. The average Bonchev–Trinajstić information content (AvgIpc) is 3.23. The van der Waals surface area contributed by atoms with Gasteiger partial charge in [0, 0.05) is 18.4 Å². The Hall–Kier alpha value is -3.63. The zero-order valence-electron chi connectivity index (χ0n) is 16.3. The normalized spacial score (nSPS) is 11.5. The van der Waals surface area contributed by atoms with Gasteiger partial charge in [0.2, 0.25) is 0 Å². The first-order valence-electron chi connectivity index (χ1n) is 8.86. The highest BCUT2D eigenvalue weighted by Gasteiger charge is 2.39. The van der Waals surface area contributed by atoms with Crippen LogP contribution in [0, 0.1) is 6.92 Å². The molecular formula is C19H18F3N5O3. The van der Waals surface area contributed by atoms with Gasteiger partial charge in [0.25, 0.3) is 5.91 Å². The molecule has 0 aliphatic rings. The summed E-state index contributed by atoms with van der Waals surface area (Å²) in [5.41, 5.74) is 0.00203. The number of imidazole rings is 1. The number of nitrogens with zero attached hydrogens (tertiary/aromatic N) is 3. The Morgan fingerprint density at radius 3 is 2.60 bits per heavy atom. The van der Waals surface area contributed by atoms with Crippen LogP contribution in [0.2, 0.25) is 0 Å². The molecule has 2 heterocycles. The third kappa shape index (κ3) is 3.78. The molecule has 11 heteroatoms. The Labute approximate surface area is 168 Å². The molecule has 3 rings (SSSR count). The van der Waals surface area contributed by atoms with E-state index in [0.717, 1.165) is 0 Å². The maximum absolute atomic E-state index is 13.3. The third-order valence-electron chi connectivity index (χ3n) is 4.64. The van der Waals surface area contributed by atoms with Gasteiger partial charge in [0.1, 0.15) is 0 Å². The number of carbonyl (C=O) groups is 2. The quantitative estimate of drug-likeness (QED) is 0.582. The lowest BCUT2D eigenvalue weighted by Gasteiger charge is -2.11. The second-order valence-electron chi connectivity index (χ2n) is 6.58. The van der Waals surface area contributed by atoms with Gasteiger partial charge in [-0.1, -0.05) is 6.92 Å². The molecule has 158 valence electrons. The Kier molecular flexibility index (Phi) is 5.38. The van der Waals surface area contributed by atoms with Crippen molar-refractivity contribution in [1.29, 1.82) is 0 Å². The van der Waals surface area contributed by atoms with Gasteiger partial charge in [0.15, 0.2) is 11.5 Å². The van der Waals surface area contributed by atoms with Crippen molar-refractivity contribution in [2.75, 3.05) is 5.32 Å². The number of carboxylic acids is 1. The molecule has 0 spiro atoms. The summed E-state index contributed by atoms with van der Waals surface area (Å²) in [6.45, 7) is 3.23. The molecule has 3 aromatic rings. The molecular weight excluding hydrogens is 403 g/mol. The molecule has 0 aliphatic carbocycles. The van der Waals surface area contributed by atoms with Crippen molar-refractivity contribution in [3.63, 3.8) is 0 Å². The Balaban J connectivity index is 1.93. The number of rotatable bonds is 5. The van der Waals surface area contributed by atoms with Gasteiger partial charge in [-0.15, -0.1) is 0 Å². The van der Waals surface area contributed by atoms with Gasteiger partial charge in [-0.05, 0) is 37.1 Å². The van der Waals surface area contributed by atoms with Crippen LogP contribution in [0.3, 0.4) is 0 Å². The van der Waals surface area contributed by atoms with Gasteiger partial charge < -0.3 is 15.0 Å². The molecule has 0 bridgehead atoms. The van der Waals surface area contributed by atoms with Gasteiger partial charge >= 0.3 is 12.1 Å². The number of aromatic amines is 1. The van der Waals surface area contributed by atoms with Gasteiger partial charge in [-0.2, -0.15) is 18.3 Å². The monoisotopic (exact) mass is 421 g/mol. The number of benzene rings is 1. The van der Waals surface area contributed by atoms with Crippen LogP contribution in [0.25, 0.3) is 11.3 Å². The number of carboxylic acid groups (broad SMARTS) is 1. The molecule has 30 heavy (non-hydrogen) atoms. The molecule has 0 unspecified atom stereocenters. The van der Waals surface area contributed by atoms with Gasteiger partial charge in [-0.3, -0.25) is 9.89 Å². The van der Waals surface area contributed by atoms with E-state index in [1.165, 1.54) is 42.9 Å². The van der Waals surface area contributed by atoms with Crippen molar-refractivity contribution >= 4 is 17.6 Å². The molecule has 8 nitrogen and oxygen atoms in total. The number of H-pyrrole nitrogens is 1. The van der Waals surface area contributed by atoms with E-state index in [2.05, 4.69) is 20.5 Å². The van der Waals surface area contributed by atoms with Gasteiger partial charge in [-0.25, -0.2) is 9.78 Å². The predicted octanol–water partition coefficient (Wildman–Crippen LogP) is 3.65. The second kappa shape index (κ2) is 7.65. The Morgan fingerprint density at radius 1 is 1.30 bits per heavy atom. The minimum absolute atomic E-state index is 0.0780. The van der Waals surface area contributed by atoms with E-state index >= 15 is 0 Å². The molecule has 2 aromatic heterocycles. The average molecular weight is 421 g/mol. The first-order chi connectivity index (χ1) is 14.0. The molecule has 0 aliphatic heterocycles. The van der Waals surface area contributed by atoms with Crippen molar-refractivity contribution in [3.8, 4) is 11.3 Å². The summed E-state index contributed by atoms with van der Waals surface area (Å²) in [7, 11) is 1.43. The summed E-state index contributed by atoms with van der Waals surface area (Å²) in [5.74, 6) is -1.84. The van der Waals surface area contributed by atoms with Crippen LogP contribution in [-0.4, -0.2) is 36.7 Å². The number of aromatic carboxylic acids is 1. The molecule has 0 radical (unpaired) electrons. The van der Waals surface area contributed by atoms with Crippen LogP contribution >= 0.6 is 0 Å². The topological polar surface area (TPSA) is 113 Å². The second-order valence-corrected chi connectivity index (χ2v) is 6.58. The Morgan fingerprint density at radius 2 is 2.00 bits per heavy atom. The number of aromatic nitrogens is 4. The largest absolute Gasteiger partial charge is 0.478 e. The molecule has 1 aromatic carbocycles. The van der Waals surface area contributed by atoms with E-state index in [9.17, 15) is 27.9 Å². The fourth-order valence-electron chi connectivity index (χ4n) is 3.16. The molecule has 0 fully saturated rings. The number of hydrogen-bond donors (Lipinski definition) is 3. The number of carbonyl (C=O) groups excluding carboxylic acids is 1. The van der Waals surface area contributed by atoms with Crippen LogP contribution in [0.1, 0.15) is 44.9 Å². The fourth-order valence-corrected chi connectivity index (χ4v) is 3.16. The highest BCUT2D eigenvalue weighted by molar-refractivity contribution is 6.02. The summed E-state index contributed by atoms with van der Waals surface area (Å²) in [5, 5.41) is 17.4. The first kappa shape index (κ1) is 21.1. The number of halogens is 3.